The molecule has 0 aromatic carbocycles. The number of morpholine rings is 1. The number of pyridine rings is 1. The molecule has 0 amide bonds. The standard InChI is InChI=1S/C13H19N3OS/c1-3-10-8-17-9(2)7-16(10)12-6-4-5-11(15-12)13(14)18/h4-6,9-10H,3,7-8H2,1-2H3,(H2,14,18). The van der Waals surface area contributed by atoms with E-state index in [-0.39, 0.29) is 6.10 Å². The predicted molar refractivity (Wildman–Crippen MR) is 77.0 cm³/mol. The minimum atomic E-state index is 0.225. The Morgan fingerprint density at radius 2 is 2.39 bits per heavy atom. The van der Waals surface area contributed by atoms with Gasteiger partial charge in [-0.3, -0.25) is 0 Å². The highest BCUT2D eigenvalue weighted by Crippen LogP contribution is 2.21. The lowest BCUT2D eigenvalue weighted by molar-refractivity contribution is 0.0296. The Kier molecular flexibility index (Phi) is 4.14. The van der Waals surface area contributed by atoms with Crippen molar-refractivity contribution in [1.29, 1.82) is 0 Å². The normalized spacial score (nSPS) is 24.0. The highest BCUT2D eigenvalue weighted by molar-refractivity contribution is 7.80. The van der Waals surface area contributed by atoms with E-state index in [1.165, 1.54) is 0 Å². The molecule has 0 aliphatic carbocycles. The Morgan fingerprint density at radius 1 is 1.61 bits per heavy atom. The van der Waals surface area contributed by atoms with Crippen molar-refractivity contribution in [3.05, 3.63) is 23.9 Å². The monoisotopic (exact) mass is 265 g/mol. The fourth-order valence-electron chi connectivity index (χ4n) is 2.18. The van der Waals surface area contributed by atoms with Gasteiger partial charge >= 0.3 is 0 Å². The summed E-state index contributed by atoms with van der Waals surface area (Å²) in [4.78, 5) is 7.16. The van der Waals surface area contributed by atoms with E-state index in [0.29, 0.717) is 16.7 Å². The Balaban J connectivity index is 2.27. The van der Waals surface area contributed by atoms with Crippen LogP contribution < -0.4 is 10.6 Å². The van der Waals surface area contributed by atoms with E-state index in [1.807, 2.05) is 18.2 Å². The van der Waals surface area contributed by atoms with Gasteiger partial charge in [0.05, 0.1) is 24.4 Å². The molecule has 5 heteroatoms. The lowest BCUT2D eigenvalue weighted by Gasteiger charge is -2.39. The summed E-state index contributed by atoms with van der Waals surface area (Å²) in [6.07, 6.45) is 1.26. The second-order valence-corrected chi connectivity index (χ2v) is 5.04. The summed E-state index contributed by atoms with van der Waals surface area (Å²) in [6, 6.07) is 6.17. The number of anilines is 1. The summed E-state index contributed by atoms with van der Waals surface area (Å²) in [7, 11) is 0. The zero-order valence-electron chi connectivity index (χ0n) is 10.8. The molecule has 4 nitrogen and oxygen atoms in total. The van der Waals surface area contributed by atoms with Crippen LogP contribution in [0.25, 0.3) is 0 Å². The van der Waals surface area contributed by atoms with E-state index in [0.717, 1.165) is 25.4 Å². The lowest BCUT2D eigenvalue weighted by Crippen LogP contribution is -2.49. The topological polar surface area (TPSA) is 51.4 Å². The summed E-state index contributed by atoms with van der Waals surface area (Å²) < 4.78 is 5.69. The predicted octanol–water partition coefficient (Wildman–Crippen LogP) is 1.72. The first kappa shape index (κ1) is 13.2. The highest BCUT2D eigenvalue weighted by Gasteiger charge is 2.26. The average molecular weight is 265 g/mol. The van der Waals surface area contributed by atoms with Gasteiger partial charge in [0.15, 0.2) is 0 Å². The number of hydrogen-bond acceptors (Lipinski definition) is 4. The molecule has 1 fully saturated rings. The van der Waals surface area contributed by atoms with E-state index in [1.54, 1.807) is 0 Å². The number of ether oxygens (including phenoxy) is 1. The molecular weight excluding hydrogens is 246 g/mol. The van der Waals surface area contributed by atoms with Crippen molar-refractivity contribution in [1.82, 2.24) is 4.98 Å². The van der Waals surface area contributed by atoms with Gasteiger partial charge in [0.1, 0.15) is 10.8 Å². The van der Waals surface area contributed by atoms with Crippen molar-refractivity contribution < 1.29 is 4.74 Å². The van der Waals surface area contributed by atoms with Crippen molar-refractivity contribution in [2.45, 2.75) is 32.4 Å². The summed E-state index contributed by atoms with van der Waals surface area (Å²) >= 11 is 4.98. The Labute approximate surface area is 113 Å². The maximum absolute atomic E-state index is 5.69. The molecule has 18 heavy (non-hydrogen) atoms. The fourth-order valence-corrected chi connectivity index (χ4v) is 2.30. The minimum Gasteiger partial charge on any atom is -0.388 e. The molecule has 0 saturated carbocycles. The molecule has 1 aliphatic rings. The van der Waals surface area contributed by atoms with Crippen LogP contribution in [0.15, 0.2) is 18.2 Å². The van der Waals surface area contributed by atoms with Crippen LogP contribution >= 0.6 is 12.2 Å². The zero-order valence-corrected chi connectivity index (χ0v) is 11.6. The molecule has 1 aliphatic heterocycles. The second kappa shape index (κ2) is 5.63. The quantitative estimate of drug-likeness (QED) is 0.843. The number of thiocarbonyl (C=S) groups is 1. The van der Waals surface area contributed by atoms with Gasteiger partial charge in [-0.1, -0.05) is 25.2 Å². The van der Waals surface area contributed by atoms with E-state index in [9.17, 15) is 0 Å². The molecule has 1 saturated heterocycles. The molecular formula is C13H19N3OS. The molecule has 2 N–H and O–H groups in total. The van der Waals surface area contributed by atoms with Crippen LogP contribution in [0.5, 0.6) is 0 Å². The summed E-state index contributed by atoms with van der Waals surface area (Å²) in [5.74, 6) is 0.933. The Morgan fingerprint density at radius 3 is 3.06 bits per heavy atom. The second-order valence-electron chi connectivity index (χ2n) is 4.60. The number of nitrogens with zero attached hydrogens (tertiary/aromatic N) is 2. The van der Waals surface area contributed by atoms with Gasteiger partial charge in [0.2, 0.25) is 0 Å². The van der Waals surface area contributed by atoms with Gasteiger partial charge in [-0.25, -0.2) is 4.98 Å². The van der Waals surface area contributed by atoms with Crippen LogP contribution in [0.4, 0.5) is 5.82 Å². The van der Waals surface area contributed by atoms with Crippen molar-refractivity contribution in [3.8, 4) is 0 Å². The van der Waals surface area contributed by atoms with Crippen LogP contribution in [0, 0.1) is 0 Å². The average Bonchev–Trinajstić information content (AvgIpc) is 2.39. The van der Waals surface area contributed by atoms with Crippen molar-refractivity contribution >= 4 is 23.0 Å². The molecule has 98 valence electrons. The van der Waals surface area contributed by atoms with Crippen LogP contribution in [0.3, 0.4) is 0 Å². The number of nitrogens with two attached hydrogens (primary N) is 1. The molecule has 2 unspecified atom stereocenters. The minimum absolute atomic E-state index is 0.225. The number of aromatic nitrogens is 1. The maximum atomic E-state index is 5.69. The molecule has 2 atom stereocenters. The van der Waals surface area contributed by atoms with Gasteiger partial charge < -0.3 is 15.4 Å². The Bertz CT molecular complexity index is 438. The van der Waals surface area contributed by atoms with Crippen molar-refractivity contribution in [2.24, 2.45) is 5.73 Å². The van der Waals surface area contributed by atoms with Crippen molar-refractivity contribution in [3.63, 3.8) is 0 Å². The van der Waals surface area contributed by atoms with E-state index >= 15 is 0 Å². The molecule has 0 bridgehead atoms. The van der Waals surface area contributed by atoms with Crippen LogP contribution in [0.1, 0.15) is 26.0 Å². The first-order valence-electron chi connectivity index (χ1n) is 6.27. The largest absolute Gasteiger partial charge is 0.388 e. The summed E-state index contributed by atoms with van der Waals surface area (Å²) in [5.41, 5.74) is 6.31. The molecule has 2 heterocycles. The molecule has 0 radical (unpaired) electrons. The molecule has 0 spiro atoms. The Hall–Kier alpha value is -1.20. The van der Waals surface area contributed by atoms with E-state index < -0.39 is 0 Å². The smallest absolute Gasteiger partial charge is 0.129 e. The zero-order chi connectivity index (χ0) is 13.1. The van der Waals surface area contributed by atoms with Crippen molar-refractivity contribution in [2.75, 3.05) is 18.1 Å². The first-order valence-corrected chi connectivity index (χ1v) is 6.67. The van der Waals surface area contributed by atoms with E-state index in [2.05, 4.69) is 23.7 Å². The third kappa shape index (κ3) is 2.79. The molecule has 1 aromatic heterocycles. The molecule has 1 aromatic rings. The summed E-state index contributed by atoms with van der Waals surface area (Å²) in [5, 5.41) is 0. The SMILES string of the molecule is CCC1COC(C)CN1c1cccc(C(N)=S)n1. The first-order chi connectivity index (χ1) is 8.61. The summed E-state index contributed by atoms with van der Waals surface area (Å²) in [6.45, 7) is 5.84. The third-order valence-electron chi connectivity index (χ3n) is 3.22. The van der Waals surface area contributed by atoms with Gasteiger partial charge in [-0.2, -0.15) is 0 Å². The van der Waals surface area contributed by atoms with E-state index in [4.69, 9.17) is 22.7 Å². The van der Waals surface area contributed by atoms with Gasteiger partial charge in [-0.05, 0) is 25.5 Å². The lowest BCUT2D eigenvalue weighted by atomic mass is 10.1. The van der Waals surface area contributed by atoms with Gasteiger partial charge in [0, 0.05) is 6.54 Å². The van der Waals surface area contributed by atoms with Crippen LogP contribution in [-0.2, 0) is 4.74 Å². The van der Waals surface area contributed by atoms with Gasteiger partial charge in [0.25, 0.3) is 0 Å². The number of hydrogen-bond donors (Lipinski definition) is 1. The van der Waals surface area contributed by atoms with Crippen LogP contribution in [-0.4, -0.2) is 35.3 Å². The van der Waals surface area contributed by atoms with Crippen LogP contribution in [0.2, 0.25) is 0 Å². The van der Waals surface area contributed by atoms with Gasteiger partial charge in [-0.15, -0.1) is 0 Å². The fraction of sp³-hybridized carbons (Fsp3) is 0.538. The third-order valence-corrected chi connectivity index (χ3v) is 3.43. The number of rotatable bonds is 3. The highest BCUT2D eigenvalue weighted by atomic mass is 32.1. The maximum Gasteiger partial charge on any atom is 0.129 e. The molecule has 2 rings (SSSR count).